The predicted molar refractivity (Wildman–Crippen MR) is 111 cm³/mol. The molecule has 7 heteroatoms. The van der Waals surface area contributed by atoms with Gasteiger partial charge in [-0.25, -0.2) is 0 Å². The maximum Gasteiger partial charge on any atom is 0.123 e. The average Bonchev–Trinajstić information content (AvgIpc) is 3.29. The maximum absolute atomic E-state index is 3.89. The molecule has 1 N–H and O–H groups in total. The Morgan fingerprint density at radius 2 is 1.77 bits per heavy atom. The molecular formula is C19H27Cl2N5. The molecule has 2 aromatic heterocycles. The molecular weight excluding hydrogens is 369 g/mol. The molecule has 2 heterocycles. The Bertz CT molecular complexity index is 778. The Labute approximate surface area is 167 Å². The smallest absolute Gasteiger partial charge is 0.123 e. The van der Waals surface area contributed by atoms with Crippen LogP contribution in [0, 0.1) is 0 Å². The molecule has 1 fully saturated rings. The summed E-state index contributed by atoms with van der Waals surface area (Å²) >= 11 is 0. The molecule has 0 unspecified atom stereocenters. The third-order valence-electron chi connectivity index (χ3n) is 5.09. The molecule has 26 heavy (non-hydrogen) atoms. The van der Waals surface area contributed by atoms with E-state index in [9.17, 15) is 0 Å². The fourth-order valence-corrected chi connectivity index (χ4v) is 3.72. The van der Waals surface area contributed by atoms with Gasteiger partial charge in [0.2, 0.25) is 0 Å². The van der Waals surface area contributed by atoms with Crippen molar-refractivity contribution in [2.24, 2.45) is 0 Å². The number of halogens is 2. The van der Waals surface area contributed by atoms with Gasteiger partial charge in [0.05, 0.1) is 11.2 Å². The summed E-state index contributed by atoms with van der Waals surface area (Å²) in [5.41, 5.74) is 2.38. The van der Waals surface area contributed by atoms with Gasteiger partial charge in [0.15, 0.2) is 0 Å². The highest BCUT2D eigenvalue weighted by Gasteiger charge is 2.12. The minimum absolute atomic E-state index is 0. The van der Waals surface area contributed by atoms with E-state index in [4.69, 9.17) is 0 Å². The largest absolute Gasteiger partial charge is 0.347 e. The van der Waals surface area contributed by atoms with Gasteiger partial charge < -0.3 is 9.88 Å². The molecule has 5 nitrogen and oxygen atoms in total. The standard InChI is InChI=1S/C19H25N5.2ClH/c1-2-5-17(6-3-1)20-10-4-11-23-12-9-16-7-8-18(13-19(16)23)24-14-21-22-15-24;;/h7-9,12-15,17,20H,1-6,10-11H2;2*1H. The molecule has 142 valence electrons. The first kappa shape index (κ1) is 20.7. The molecule has 0 saturated heterocycles. The van der Waals surface area contributed by atoms with Crippen LogP contribution in [0.2, 0.25) is 0 Å². The maximum atomic E-state index is 3.89. The number of nitrogens with zero attached hydrogens (tertiary/aromatic N) is 4. The van der Waals surface area contributed by atoms with Crippen LogP contribution in [0.5, 0.6) is 0 Å². The van der Waals surface area contributed by atoms with Gasteiger partial charge in [-0.1, -0.05) is 25.3 Å². The second-order valence-corrected chi connectivity index (χ2v) is 6.76. The van der Waals surface area contributed by atoms with Gasteiger partial charge in [-0.15, -0.1) is 35.0 Å². The number of hydrogen-bond acceptors (Lipinski definition) is 3. The van der Waals surface area contributed by atoms with Crippen LogP contribution in [0.25, 0.3) is 16.6 Å². The van der Waals surface area contributed by atoms with E-state index in [2.05, 4.69) is 50.5 Å². The van der Waals surface area contributed by atoms with Crippen molar-refractivity contribution in [1.29, 1.82) is 0 Å². The second-order valence-electron chi connectivity index (χ2n) is 6.76. The summed E-state index contributed by atoms with van der Waals surface area (Å²) < 4.78 is 4.30. The molecule has 0 radical (unpaired) electrons. The Balaban J connectivity index is 0.00000121. The van der Waals surface area contributed by atoms with Gasteiger partial charge in [0.25, 0.3) is 0 Å². The molecule has 4 rings (SSSR count). The van der Waals surface area contributed by atoms with Crippen molar-refractivity contribution in [1.82, 2.24) is 24.6 Å². The lowest BCUT2D eigenvalue weighted by Gasteiger charge is -2.22. The topological polar surface area (TPSA) is 47.7 Å². The number of nitrogens with one attached hydrogen (secondary N) is 1. The van der Waals surface area contributed by atoms with Gasteiger partial charge in [0, 0.05) is 18.8 Å². The van der Waals surface area contributed by atoms with E-state index in [0.717, 1.165) is 31.2 Å². The number of rotatable bonds is 6. The predicted octanol–water partition coefficient (Wildman–Crippen LogP) is 4.38. The van der Waals surface area contributed by atoms with Crippen LogP contribution in [-0.2, 0) is 6.54 Å². The number of hydrogen-bond donors (Lipinski definition) is 1. The first-order valence-electron chi connectivity index (χ1n) is 9.07. The lowest BCUT2D eigenvalue weighted by atomic mass is 9.95. The normalized spacial score (nSPS) is 14.8. The molecule has 0 bridgehead atoms. The van der Waals surface area contributed by atoms with E-state index >= 15 is 0 Å². The Morgan fingerprint density at radius 1 is 1.00 bits per heavy atom. The Morgan fingerprint density at radius 3 is 2.54 bits per heavy atom. The molecule has 0 atom stereocenters. The van der Waals surface area contributed by atoms with Gasteiger partial charge in [-0.3, -0.25) is 4.57 Å². The first-order chi connectivity index (χ1) is 11.9. The molecule has 1 saturated carbocycles. The molecule has 1 aromatic carbocycles. The van der Waals surface area contributed by atoms with Crippen molar-refractivity contribution >= 4 is 35.7 Å². The van der Waals surface area contributed by atoms with Crippen LogP contribution >= 0.6 is 24.8 Å². The lowest BCUT2D eigenvalue weighted by molar-refractivity contribution is 0.369. The zero-order valence-corrected chi connectivity index (χ0v) is 16.5. The van der Waals surface area contributed by atoms with Crippen LogP contribution in [0.1, 0.15) is 38.5 Å². The van der Waals surface area contributed by atoms with Gasteiger partial charge in [-0.05, 0) is 49.4 Å². The van der Waals surface area contributed by atoms with Gasteiger partial charge >= 0.3 is 0 Å². The quantitative estimate of drug-likeness (QED) is 0.629. The number of fused-ring (bicyclic) bond motifs is 1. The highest BCUT2D eigenvalue weighted by molar-refractivity contribution is 5.85. The highest BCUT2D eigenvalue weighted by Crippen LogP contribution is 2.20. The van der Waals surface area contributed by atoms with E-state index in [-0.39, 0.29) is 24.8 Å². The third-order valence-corrected chi connectivity index (χ3v) is 5.09. The van der Waals surface area contributed by atoms with E-state index < -0.39 is 0 Å². The SMILES string of the molecule is Cl.Cl.c1cc2ccn(CCCNC3CCCCC3)c2cc1-n1cnnc1. The molecule has 0 spiro atoms. The van der Waals surface area contributed by atoms with Crippen molar-refractivity contribution in [3.63, 3.8) is 0 Å². The highest BCUT2D eigenvalue weighted by atomic mass is 35.5. The second kappa shape index (κ2) is 9.95. The van der Waals surface area contributed by atoms with Crippen molar-refractivity contribution in [3.05, 3.63) is 43.1 Å². The zero-order valence-electron chi connectivity index (χ0n) is 14.9. The van der Waals surface area contributed by atoms with Crippen molar-refractivity contribution in [2.45, 2.75) is 51.1 Å². The summed E-state index contributed by atoms with van der Waals surface area (Å²) in [6, 6.07) is 9.44. The summed E-state index contributed by atoms with van der Waals surface area (Å²) in [5.74, 6) is 0. The van der Waals surface area contributed by atoms with Crippen LogP contribution in [0.3, 0.4) is 0 Å². The van der Waals surface area contributed by atoms with E-state index in [1.54, 1.807) is 12.7 Å². The molecule has 1 aliphatic rings. The summed E-state index contributed by atoms with van der Waals surface area (Å²) in [4.78, 5) is 0. The lowest BCUT2D eigenvalue weighted by Crippen LogP contribution is -2.32. The van der Waals surface area contributed by atoms with E-state index in [1.807, 2.05) is 4.57 Å². The molecule has 3 aromatic rings. The van der Waals surface area contributed by atoms with E-state index in [1.165, 1.54) is 43.0 Å². The van der Waals surface area contributed by atoms with Crippen LogP contribution in [0.15, 0.2) is 43.1 Å². The summed E-state index contributed by atoms with van der Waals surface area (Å²) in [5, 5.41) is 12.8. The molecule has 1 aliphatic carbocycles. The summed E-state index contributed by atoms with van der Waals surface area (Å²) in [6.45, 7) is 2.16. The summed E-state index contributed by atoms with van der Waals surface area (Å²) in [7, 11) is 0. The van der Waals surface area contributed by atoms with Crippen molar-refractivity contribution < 1.29 is 0 Å². The van der Waals surface area contributed by atoms with Crippen molar-refractivity contribution in [3.8, 4) is 5.69 Å². The van der Waals surface area contributed by atoms with Gasteiger partial charge in [-0.2, -0.15) is 0 Å². The first-order valence-corrected chi connectivity index (χ1v) is 9.07. The number of benzene rings is 1. The molecule has 0 amide bonds. The van der Waals surface area contributed by atoms with Crippen LogP contribution < -0.4 is 5.32 Å². The zero-order chi connectivity index (χ0) is 16.2. The fourth-order valence-electron chi connectivity index (χ4n) is 3.72. The molecule has 0 aliphatic heterocycles. The number of aromatic nitrogens is 4. The minimum Gasteiger partial charge on any atom is -0.347 e. The average molecular weight is 396 g/mol. The minimum atomic E-state index is 0. The van der Waals surface area contributed by atoms with Crippen molar-refractivity contribution in [2.75, 3.05) is 6.54 Å². The Kier molecular flexibility index (Phi) is 7.94. The van der Waals surface area contributed by atoms with Gasteiger partial charge in [0.1, 0.15) is 12.7 Å². The van der Waals surface area contributed by atoms with E-state index in [0.29, 0.717) is 0 Å². The number of aryl methyl sites for hydroxylation is 1. The van der Waals surface area contributed by atoms with Crippen LogP contribution in [0.4, 0.5) is 0 Å². The monoisotopic (exact) mass is 395 g/mol. The van der Waals surface area contributed by atoms with Crippen LogP contribution in [-0.4, -0.2) is 31.9 Å². The summed E-state index contributed by atoms with van der Waals surface area (Å²) in [6.07, 6.45) is 13.8. The third kappa shape index (κ3) is 4.78. The fraction of sp³-hybridized carbons (Fsp3) is 0.474. The Hall–Kier alpha value is -1.56.